The maximum atomic E-state index is 6.04. The number of benzene rings is 3. The second kappa shape index (κ2) is 7.11. The molecule has 0 saturated heterocycles. The van der Waals surface area contributed by atoms with E-state index >= 15 is 0 Å². The Balaban J connectivity index is 1.80. The van der Waals surface area contributed by atoms with Gasteiger partial charge >= 0.3 is 0 Å². The van der Waals surface area contributed by atoms with Gasteiger partial charge in [-0.25, -0.2) is 0 Å². The number of pyridine rings is 1. The van der Waals surface area contributed by atoms with Crippen molar-refractivity contribution in [2.75, 3.05) is 0 Å². The van der Waals surface area contributed by atoms with E-state index in [1.165, 1.54) is 5.56 Å². The molecule has 0 radical (unpaired) electrons. The molecule has 0 amide bonds. The lowest BCUT2D eigenvalue weighted by atomic mass is 9.95. The predicted octanol–water partition coefficient (Wildman–Crippen LogP) is 5.51. The molecule has 140 valence electrons. The number of aryl methyl sites for hydroxylation is 1. The first-order valence-electron chi connectivity index (χ1n) is 9.20. The predicted molar refractivity (Wildman–Crippen MR) is 115 cm³/mol. The van der Waals surface area contributed by atoms with E-state index in [4.69, 9.17) is 16.6 Å². The van der Waals surface area contributed by atoms with Crippen LogP contribution in [0.15, 0.2) is 79.0 Å². The summed E-state index contributed by atoms with van der Waals surface area (Å²) in [5.74, 6) is 0.626. The van der Waals surface area contributed by atoms with Crippen molar-refractivity contribution in [1.29, 1.82) is 0 Å². The molecule has 0 fully saturated rings. The highest BCUT2D eigenvalue weighted by Crippen LogP contribution is 2.36. The van der Waals surface area contributed by atoms with Crippen molar-refractivity contribution in [2.24, 2.45) is 0 Å². The molecule has 0 spiro atoms. The molecule has 5 aromatic rings. The first-order valence-corrected chi connectivity index (χ1v) is 9.58. The quantitative estimate of drug-likeness (QED) is 0.403. The summed E-state index contributed by atoms with van der Waals surface area (Å²) in [6, 6.07) is 24.0. The number of nitrogens with zero attached hydrogens (tertiary/aromatic N) is 5. The third-order valence-electron chi connectivity index (χ3n) is 4.87. The van der Waals surface area contributed by atoms with E-state index in [-0.39, 0.29) is 0 Å². The van der Waals surface area contributed by atoms with E-state index in [1.54, 1.807) is 4.68 Å². The Morgan fingerprint density at radius 2 is 1.69 bits per heavy atom. The van der Waals surface area contributed by atoms with E-state index in [1.807, 2.05) is 48.7 Å². The summed E-state index contributed by atoms with van der Waals surface area (Å²) in [6.45, 7) is 2.07. The van der Waals surface area contributed by atoms with Crippen LogP contribution in [0.2, 0.25) is 5.02 Å². The van der Waals surface area contributed by atoms with Crippen LogP contribution in [-0.4, -0.2) is 25.2 Å². The van der Waals surface area contributed by atoms with Gasteiger partial charge in [-0.3, -0.25) is 4.98 Å². The molecule has 0 unspecified atom stereocenters. The molecule has 0 atom stereocenters. The zero-order chi connectivity index (χ0) is 19.8. The minimum Gasteiger partial charge on any atom is -0.255 e. The number of hydrogen-bond acceptors (Lipinski definition) is 4. The number of rotatable bonds is 3. The molecule has 0 saturated carbocycles. The van der Waals surface area contributed by atoms with Gasteiger partial charge in [-0.1, -0.05) is 54.1 Å². The van der Waals surface area contributed by atoms with Crippen molar-refractivity contribution >= 4 is 22.5 Å². The fourth-order valence-corrected chi connectivity index (χ4v) is 3.63. The van der Waals surface area contributed by atoms with Crippen molar-refractivity contribution in [3.63, 3.8) is 0 Å². The lowest BCUT2D eigenvalue weighted by Crippen LogP contribution is -2.01. The monoisotopic (exact) mass is 397 g/mol. The first-order chi connectivity index (χ1) is 14.2. The average molecular weight is 398 g/mol. The first kappa shape index (κ1) is 17.5. The van der Waals surface area contributed by atoms with Gasteiger partial charge in [0, 0.05) is 27.7 Å². The third-order valence-corrected chi connectivity index (χ3v) is 5.12. The average Bonchev–Trinajstić information content (AvgIpc) is 3.23. The van der Waals surface area contributed by atoms with Crippen LogP contribution in [0.25, 0.3) is 39.1 Å². The molecule has 6 heteroatoms. The van der Waals surface area contributed by atoms with E-state index in [9.17, 15) is 0 Å². The molecule has 2 aromatic heterocycles. The molecule has 2 heterocycles. The highest BCUT2D eigenvalue weighted by molar-refractivity contribution is 6.30. The van der Waals surface area contributed by atoms with Crippen LogP contribution in [0.5, 0.6) is 0 Å². The Hall–Kier alpha value is -3.57. The van der Waals surface area contributed by atoms with Gasteiger partial charge in [0.15, 0.2) is 5.82 Å². The summed E-state index contributed by atoms with van der Waals surface area (Å²) in [5, 5.41) is 14.2. The molecule has 3 aromatic carbocycles. The molecule has 0 N–H and O–H groups in total. The minimum absolute atomic E-state index is 0.626. The van der Waals surface area contributed by atoms with Gasteiger partial charge in [-0.05, 0) is 58.8 Å². The number of fused-ring (bicyclic) bond motifs is 1. The maximum absolute atomic E-state index is 6.04. The van der Waals surface area contributed by atoms with Crippen LogP contribution in [0.1, 0.15) is 5.56 Å². The van der Waals surface area contributed by atoms with Crippen molar-refractivity contribution < 1.29 is 0 Å². The Morgan fingerprint density at radius 1 is 0.897 bits per heavy atom. The zero-order valence-electron chi connectivity index (χ0n) is 15.6. The molecule has 0 aliphatic carbocycles. The molecular weight excluding hydrogens is 382 g/mol. The number of tetrazole rings is 1. The van der Waals surface area contributed by atoms with Gasteiger partial charge in [-0.15, -0.1) is 5.10 Å². The Bertz CT molecular complexity index is 1310. The van der Waals surface area contributed by atoms with Crippen LogP contribution < -0.4 is 0 Å². The highest BCUT2D eigenvalue weighted by atomic mass is 35.5. The topological polar surface area (TPSA) is 56.5 Å². The lowest BCUT2D eigenvalue weighted by Gasteiger charge is -2.13. The molecule has 0 aliphatic rings. The molecule has 29 heavy (non-hydrogen) atoms. The van der Waals surface area contributed by atoms with Gasteiger partial charge in [0.25, 0.3) is 0 Å². The summed E-state index contributed by atoms with van der Waals surface area (Å²) in [7, 11) is 0. The Kier molecular flexibility index (Phi) is 4.30. The summed E-state index contributed by atoms with van der Waals surface area (Å²) >= 11 is 6.04. The molecule has 5 rings (SSSR count). The standard InChI is InChI=1S/C23H16ClN5/c1-15-7-12-19-21(13-15)25-14-20(22(19)16-5-3-2-4-6-16)23-26-27-28-29(23)18-10-8-17(24)9-11-18/h2-14H,1H3. The van der Waals surface area contributed by atoms with E-state index in [0.29, 0.717) is 10.8 Å². The number of aromatic nitrogens is 5. The lowest BCUT2D eigenvalue weighted by molar-refractivity contribution is 0.791. The second-order valence-corrected chi connectivity index (χ2v) is 7.26. The van der Waals surface area contributed by atoms with Gasteiger partial charge in [-0.2, -0.15) is 4.68 Å². The van der Waals surface area contributed by atoms with E-state index in [0.717, 1.165) is 33.3 Å². The van der Waals surface area contributed by atoms with Crippen LogP contribution in [0.3, 0.4) is 0 Å². The fraction of sp³-hybridized carbons (Fsp3) is 0.0435. The molecule has 0 bridgehead atoms. The van der Waals surface area contributed by atoms with E-state index < -0.39 is 0 Å². The summed E-state index contributed by atoms with van der Waals surface area (Å²) < 4.78 is 1.71. The zero-order valence-corrected chi connectivity index (χ0v) is 16.4. The maximum Gasteiger partial charge on any atom is 0.189 e. The van der Waals surface area contributed by atoms with Crippen molar-refractivity contribution in [3.8, 4) is 28.2 Å². The smallest absolute Gasteiger partial charge is 0.189 e. The van der Waals surface area contributed by atoms with Gasteiger partial charge in [0.2, 0.25) is 0 Å². The van der Waals surface area contributed by atoms with Crippen molar-refractivity contribution in [2.45, 2.75) is 6.92 Å². The molecule has 5 nitrogen and oxygen atoms in total. The SMILES string of the molecule is Cc1ccc2c(-c3ccccc3)c(-c3nnnn3-c3ccc(Cl)cc3)cnc2c1. The summed E-state index contributed by atoms with van der Waals surface area (Å²) in [4.78, 5) is 4.70. The normalized spacial score (nSPS) is 11.1. The van der Waals surface area contributed by atoms with Gasteiger partial charge in [0.05, 0.1) is 11.2 Å². The molecule has 0 aliphatic heterocycles. The number of hydrogen-bond donors (Lipinski definition) is 0. The second-order valence-electron chi connectivity index (χ2n) is 6.82. The van der Waals surface area contributed by atoms with Crippen LogP contribution in [-0.2, 0) is 0 Å². The largest absolute Gasteiger partial charge is 0.255 e. The summed E-state index contributed by atoms with van der Waals surface area (Å²) in [6.07, 6.45) is 1.85. The Morgan fingerprint density at radius 3 is 2.48 bits per heavy atom. The van der Waals surface area contributed by atoms with Gasteiger partial charge < -0.3 is 0 Å². The van der Waals surface area contributed by atoms with Crippen molar-refractivity contribution in [3.05, 3.63) is 89.6 Å². The molecular formula is C23H16ClN5. The van der Waals surface area contributed by atoms with Crippen LogP contribution in [0.4, 0.5) is 0 Å². The Labute approximate surface area is 172 Å². The fourth-order valence-electron chi connectivity index (χ4n) is 3.50. The van der Waals surface area contributed by atoms with Crippen LogP contribution >= 0.6 is 11.6 Å². The van der Waals surface area contributed by atoms with Crippen LogP contribution in [0, 0.1) is 6.92 Å². The number of halogens is 1. The summed E-state index contributed by atoms with van der Waals surface area (Å²) in [5.41, 5.74) is 5.95. The highest BCUT2D eigenvalue weighted by Gasteiger charge is 2.19. The third kappa shape index (κ3) is 3.15. The minimum atomic E-state index is 0.626. The van der Waals surface area contributed by atoms with E-state index in [2.05, 4.69) is 52.8 Å². The van der Waals surface area contributed by atoms with Gasteiger partial charge in [0.1, 0.15) is 0 Å². The van der Waals surface area contributed by atoms with Crippen molar-refractivity contribution in [1.82, 2.24) is 25.2 Å².